The van der Waals surface area contributed by atoms with E-state index in [4.69, 9.17) is 9.84 Å². The fraction of sp³-hybridized carbons (Fsp3) is 0.923. The number of rotatable bonds is 3. The highest BCUT2D eigenvalue weighted by Crippen LogP contribution is 2.57. The van der Waals surface area contributed by atoms with Crippen LogP contribution < -0.4 is 0 Å². The third kappa shape index (κ3) is 1.65. The normalized spacial score (nSPS) is 46.9. The van der Waals surface area contributed by atoms with Crippen LogP contribution in [0.25, 0.3) is 0 Å². The van der Waals surface area contributed by atoms with Crippen LogP contribution in [0, 0.1) is 17.8 Å². The van der Waals surface area contributed by atoms with Crippen molar-refractivity contribution in [2.24, 2.45) is 17.8 Å². The van der Waals surface area contributed by atoms with Gasteiger partial charge in [0.2, 0.25) is 0 Å². The van der Waals surface area contributed by atoms with Gasteiger partial charge in [0.05, 0.1) is 5.60 Å². The molecule has 4 rings (SSSR count). The van der Waals surface area contributed by atoms with Crippen molar-refractivity contribution in [1.82, 2.24) is 0 Å². The second kappa shape index (κ2) is 3.46. The fourth-order valence-electron chi connectivity index (χ4n) is 4.60. The fourth-order valence-corrected chi connectivity index (χ4v) is 4.60. The molecule has 0 aromatic carbocycles. The van der Waals surface area contributed by atoms with Gasteiger partial charge in [0.25, 0.3) is 0 Å². The van der Waals surface area contributed by atoms with E-state index in [1.54, 1.807) is 6.92 Å². The first kappa shape index (κ1) is 10.6. The zero-order valence-corrected chi connectivity index (χ0v) is 9.82. The maximum atomic E-state index is 10.9. The number of carbonyl (C=O) groups is 1. The summed E-state index contributed by atoms with van der Waals surface area (Å²) in [6.45, 7) is 1.67. The van der Waals surface area contributed by atoms with Crippen LogP contribution in [0.2, 0.25) is 0 Å². The molecule has 1 atom stereocenters. The van der Waals surface area contributed by atoms with Crippen LogP contribution >= 0.6 is 0 Å². The highest BCUT2D eigenvalue weighted by molar-refractivity contribution is 5.71. The zero-order chi connectivity index (χ0) is 11.3. The molecule has 1 N–H and O–H groups in total. The average molecular weight is 224 g/mol. The summed E-state index contributed by atoms with van der Waals surface area (Å²) in [5.74, 6) is 1.61. The summed E-state index contributed by atoms with van der Waals surface area (Å²) in [6, 6.07) is 0. The van der Waals surface area contributed by atoms with Gasteiger partial charge in [-0.2, -0.15) is 0 Å². The van der Waals surface area contributed by atoms with Crippen molar-refractivity contribution in [1.29, 1.82) is 0 Å². The highest BCUT2D eigenvalue weighted by Gasteiger charge is 2.52. The predicted octanol–water partition coefficient (Wildman–Crippen LogP) is 2.44. The van der Waals surface area contributed by atoms with E-state index in [9.17, 15) is 4.79 Å². The second-order valence-corrected chi connectivity index (χ2v) is 6.20. The topological polar surface area (TPSA) is 46.5 Å². The molecule has 1 unspecified atom stereocenters. The number of ether oxygens (including phenoxy) is 1. The third-order valence-electron chi connectivity index (χ3n) is 4.76. The Morgan fingerprint density at radius 2 is 1.62 bits per heavy atom. The maximum absolute atomic E-state index is 10.9. The van der Waals surface area contributed by atoms with Crippen LogP contribution in [0.4, 0.5) is 0 Å². The van der Waals surface area contributed by atoms with Crippen molar-refractivity contribution in [2.45, 2.75) is 57.2 Å². The Bertz CT molecular complexity index is 275. The lowest BCUT2D eigenvalue weighted by molar-refractivity contribution is -0.197. The Morgan fingerprint density at radius 3 is 2.00 bits per heavy atom. The van der Waals surface area contributed by atoms with Gasteiger partial charge in [-0.05, 0) is 63.2 Å². The van der Waals surface area contributed by atoms with Crippen LogP contribution in [0.1, 0.15) is 45.4 Å². The number of carboxylic acid groups (broad SMARTS) is 1. The van der Waals surface area contributed by atoms with Gasteiger partial charge >= 0.3 is 5.97 Å². The SMILES string of the molecule is CC(OC12CC3CC(CC(C3)C1)C2)C(=O)O. The van der Waals surface area contributed by atoms with E-state index in [-0.39, 0.29) is 5.60 Å². The molecule has 3 nitrogen and oxygen atoms in total. The van der Waals surface area contributed by atoms with Gasteiger partial charge in [0, 0.05) is 0 Å². The summed E-state index contributed by atoms with van der Waals surface area (Å²) in [5.41, 5.74) is -0.0768. The molecule has 90 valence electrons. The van der Waals surface area contributed by atoms with Crippen molar-refractivity contribution < 1.29 is 14.6 Å². The van der Waals surface area contributed by atoms with Crippen molar-refractivity contribution in [3.8, 4) is 0 Å². The highest BCUT2D eigenvalue weighted by atomic mass is 16.5. The van der Waals surface area contributed by atoms with Gasteiger partial charge < -0.3 is 9.84 Å². The van der Waals surface area contributed by atoms with E-state index in [1.165, 1.54) is 19.3 Å². The Hall–Kier alpha value is -0.570. The molecule has 4 saturated carbocycles. The van der Waals surface area contributed by atoms with E-state index in [0.29, 0.717) is 0 Å². The summed E-state index contributed by atoms with van der Waals surface area (Å²) in [6.07, 6.45) is 6.78. The quantitative estimate of drug-likeness (QED) is 0.801. The lowest BCUT2D eigenvalue weighted by Gasteiger charge is -2.56. The van der Waals surface area contributed by atoms with Crippen molar-refractivity contribution in [3.63, 3.8) is 0 Å². The largest absolute Gasteiger partial charge is 0.479 e. The minimum Gasteiger partial charge on any atom is -0.479 e. The van der Waals surface area contributed by atoms with E-state index in [2.05, 4.69) is 0 Å². The molecule has 0 saturated heterocycles. The average Bonchev–Trinajstić information content (AvgIpc) is 2.13. The molecule has 3 heteroatoms. The first-order valence-electron chi connectivity index (χ1n) is 6.47. The van der Waals surface area contributed by atoms with Crippen molar-refractivity contribution in [3.05, 3.63) is 0 Å². The molecule has 4 fully saturated rings. The summed E-state index contributed by atoms with van der Waals surface area (Å²) in [7, 11) is 0. The van der Waals surface area contributed by atoms with Crippen LogP contribution in [0.15, 0.2) is 0 Å². The first-order valence-corrected chi connectivity index (χ1v) is 6.47. The number of carboxylic acids is 1. The van der Waals surface area contributed by atoms with Gasteiger partial charge in [0.1, 0.15) is 0 Å². The van der Waals surface area contributed by atoms with Gasteiger partial charge in [-0.3, -0.25) is 0 Å². The number of hydrogen-bond donors (Lipinski definition) is 1. The molecule has 0 aromatic heterocycles. The monoisotopic (exact) mass is 224 g/mol. The van der Waals surface area contributed by atoms with Crippen molar-refractivity contribution in [2.75, 3.05) is 0 Å². The summed E-state index contributed by atoms with van der Waals surface area (Å²) < 4.78 is 5.91. The first-order chi connectivity index (χ1) is 7.56. The van der Waals surface area contributed by atoms with Crippen LogP contribution in [-0.4, -0.2) is 22.8 Å². The Kier molecular flexibility index (Phi) is 2.29. The van der Waals surface area contributed by atoms with Crippen LogP contribution in [0.5, 0.6) is 0 Å². The van der Waals surface area contributed by atoms with Gasteiger partial charge in [-0.25, -0.2) is 4.79 Å². The molecule has 4 aliphatic rings. The predicted molar refractivity (Wildman–Crippen MR) is 59.1 cm³/mol. The smallest absolute Gasteiger partial charge is 0.332 e. The molecule has 0 heterocycles. The van der Waals surface area contributed by atoms with Crippen LogP contribution in [-0.2, 0) is 9.53 Å². The standard InChI is InChI=1S/C13H20O3/c1-8(12(14)15)16-13-5-9-2-10(6-13)4-11(3-9)7-13/h8-11H,2-7H2,1H3,(H,14,15). The van der Waals surface area contributed by atoms with E-state index in [1.807, 2.05) is 0 Å². The van der Waals surface area contributed by atoms with E-state index < -0.39 is 12.1 Å². The Labute approximate surface area is 96.2 Å². The van der Waals surface area contributed by atoms with Gasteiger partial charge in [-0.15, -0.1) is 0 Å². The zero-order valence-electron chi connectivity index (χ0n) is 9.82. The summed E-state index contributed by atoms with van der Waals surface area (Å²) in [4.78, 5) is 10.9. The van der Waals surface area contributed by atoms with Crippen molar-refractivity contribution >= 4 is 5.97 Å². The maximum Gasteiger partial charge on any atom is 0.332 e. The Balaban J connectivity index is 1.76. The van der Waals surface area contributed by atoms with E-state index in [0.717, 1.165) is 37.0 Å². The number of aliphatic carboxylic acids is 1. The van der Waals surface area contributed by atoms with E-state index >= 15 is 0 Å². The lowest BCUT2D eigenvalue weighted by Crippen LogP contribution is -2.53. The molecule has 0 amide bonds. The molecule has 0 radical (unpaired) electrons. The van der Waals surface area contributed by atoms with Gasteiger partial charge in [0.15, 0.2) is 6.10 Å². The molecular formula is C13H20O3. The minimum absolute atomic E-state index is 0.0768. The molecule has 4 aliphatic carbocycles. The summed E-state index contributed by atoms with van der Waals surface area (Å²) >= 11 is 0. The van der Waals surface area contributed by atoms with Crippen LogP contribution in [0.3, 0.4) is 0 Å². The summed E-state index contributed by atoms with van der Waals surface area (Å²) in [5, 5.41) is 8.96. The van der Waals surface area contributed by atoms with Gasteiger partial charge in [-0.1, -0.05) is 0 Å². The Morgan fingerprint density at radius 1 is 1.19 bits per heavy atom. The molecule has 16 heavy (non-hydrogen) atoms. The number of hydrogen-bond acceptors (Lipinski definition) is 2. The molecule has 0 aromatic rings. The molecular weight excluding hydrogens is 204 g/mol. The molecule has 0 aliphatic heterocycles. The second-order valence-electron chi connectivity index (χ2n) is 6.20. The molecule has 4 bridgehead atoms. The third-order valence-corrected chi connectivity index (χ3v) is 4.76. The lowest BCUT2D eigenvalue weighted by atomic mass is 9.54. The minimum atomic E-state index is -0.823. The molecule has 0 spiro atoms.